The Hall–Kier alpha value is -4.52. The molecular weight excluding hydrogens is 418 g/mol. The Balaban J connectivity index is 1.94. The summed E-state index contributed by atoms with van der Waals surface area (Å²) in [6.45, 7) is 1.61. The Labute approximate surface area is 180 Å². The highest BCUT2D eigenvalue weighted by molar-refractivity contribution is 5.81. The van der Waals surface area contributed by atoms with Crippen LogP contribution in [-0.2, 0) is 0 Å². The molecule has 0 saturated carbocycles. The van der Waals surface area contributed by atoms with Crippen LogP contribution >= 0.6 is 0 Å². The molecule has 8 nitrogen and oxygen atoms in total. The van der Waals surface area contributed by atoms with Crippen LogP contribution in [0.5, 0.6) is 0 Å². The maximum atomic E-state index is 13.9. The normalized spacial score (nSPS) is 11.8. The van der Waals surface area contributed by atoms with Crippen molar-refractivity contribution in [3.05, 3.63) is 75.4 Å². The van der Waals surface area contributed by atoms with Crippen molar-refractivity contribution in [3.8, 4) is 17.4 Å². The Morgan fingerprint density at radius 3 is 2.50 bits per heavy atom. The molecule has 4 rings (SSSR count). The maximum Gasteiger partial charge on any atom is 0.224 e. The van der Waals surface area contributed by atoms with E-state index in [1.165, 1.54) is 0 Å². The summed E-state index contributed by atoms with van der Waals surface area (Å²) in [7, 11) is 0. The predicted octanol–water partition coefficient (Wildman–Crippen LogP) is 3.74. The lowest BCUT2D eigenvalue weighted by Crippen LogP contribution is -2.21. The van der Waals surface area contributed by atoms with Crippen molar-refractivity contribution in [2.45, 2.75) is 13.0 Å². The number of para-hydroxylation sites is 1. The van der Waals surface area contributed by atoms with E-state index in [9.17, 15) is 18.8 Å². The van der Waals surface area contributed by atoms with Crippen LogP contribution in [0, 0.1) is 23.0 Å². The first-order chi connectivity index (χ1) is 15.3. The third-order valence-corrected chi connectivity index (χ3v) is 4.81. The fourth-order valence-electron chi connectivity index (χ4n) is 3.44. The van der Waals surface area contributed by atoms with Crippen LogP contribution in [-0.4, -0.2) is 9.97 Å². The molecule has 0 amide bonds. The number of rotatable bonds is 4. The molecule has 0 fully saturated rings. The second kappa shape index (κ2) is 7.96. The molecule has 1 unspecified atom stereocenters. The predicted molar refractivity (Wildman–Crippen MR) is 115 cm³/mol. The van der Waals surface area contributed by atoms with Crippen molar-refractivity contribution in [3.63, 3.8) is 0 Å². The molecule has 4 aromatic rings. The summed E-state index contributed by atoms with van der Waals surface area (Å²) in [4.78, 5) is 21.1. The number of nitrogens with two attached hydrogens (primary N) is 2. The van der Waals surface area contributed by atoms with E-state index in [1.807, 2.05) is 6.07 Å². The van der Waals surface area contributed by atoms with Crippen molar-refractivity contribution in [2.75, 3.05) is 16.8 Å². The smallest absolute Gasteiger partial charge is 0.224 e. The quantitative estimate of drug-likeness (QED) is 0.441. The molecule has 10 heteroatoms. The molecule has 0 aliphatic heterocycles. The Bertz CT molecular complexity index is 1440. The van der Waals surface area contributed by atoms with Crippen LogP contribution in [0.3, 0.4) is 0 Å². The molecule has 0 spiro atoms. The van der Waals surface area contributed by atoms with Gasteiger partial charge in [0.25, 0.3) is 0 Å². The SMILES string of the molecule is CC(Nc1nc(N)nc(N)c1C#N)c1c(-c2cc(F)cc(F)c2)oc2ccccc2c1=O. The second-order valence-corrected chi connectivity index (χ2v) is 7.00. The van der Waals surface area contributed by atoms with E-state index >= 15 is 0 Å². The highest BCUT2D eigenvalue weighted by Gasteiger charge is 2.24. The number of halogens is 2. The van der Waals surface area contributed by atoms with Crippen LogP contribution in [0.1, 0.15) is 24.1 Å². The molecule has 2 aromatic carbocycles. The first-order valence-corrected chi connectivity index (χ1v) is 9.40. The topological polar surface area (TPSA) is 144 Å². The number of fused-ring (bicyclic) bond motifs is 1. The van der Waals surface area contributed by atoms with Gasteiger partial charge in [0.15, 0.2) is 11.2 Å². The molecule has 160 valence electrons. The number of anilines is 3. The van der Waals surface area contributed by atoms with Crippen molar-refractivity contribution < 1.29 is 13.2 Å². The summed E-state index contributed by atoms with van der Waals surface area (Å²) in [6.07, 6.45) is 0. The van der Waals surface area contributed by atoms with Gasteiger partial charge in [0.05, 0.1) is 17.0 Å². The lowest BCUT2D eigenvalue weighted by Gasteiger charge is -2.19. The van der Waals surface area contributed by atoms with Crippen LogP contribution in [0.4, 0.5) is 26.4 Å². The minimum atomic E-state index is -0.828. The van der Waals surface area contributed by atoms with Crippen molar-refractivity contribution in [1.82, 2.24) is 9.97 Å². The number of nitrogen functional groups attached to an aromatic ring is 2. The van der Waals surface area contributed by atoms with Gasteiger partial charge >= 0.3 is 0 Å². The number of hydrogen-bond acceptors (Lipinski definition) is 8. The van der Waals surface area contributed by atoms with Crippen molar-refractivity contribution >= 4 is 28.6 Å². The van der Waals surface area contributed by atoms with Crippen LogP contribution in [0.2, 0.25) is 0 Å². The fraction of sp³-hybridized carbons (Fsp3) is 0.0909. The monoisotopic (exact) mass is 434 g/mol. The lowest BCUT2D eigenvalue weighted by molar-refractivity contribution is 0.575. The molecule has 0 bridgehead atoms. The Morgan fingerprint density at radius 2 is 1.81 bits per heavy atom. The fourth-order valence-corrected chi connectivity index (χ4v) is 3.44. The highest BCUT2D eigenvalue weighted by Crippen LogP contribution is 2.32. The van der Waals surface area contributed by atoms with Crippen LogP contribution in [0.15, 0.2) is 51.7 Å². The summed E-state index contributed by atoms with van der Waals surface area (Å²) in [6, 6.07) is 10.4. The summed E-state index contributed by atoms with van der Waals surface area (Å²) >= 11 is 0. The minimum Gasteiger partial charge on any atom is -0.455 e. The van der Waals surface area contributed by atoms with E-state index in [1.54, 1.807) is 31.2 Å². The molecule has 0 aliphatic rings. The zero-order chi connectivity index (χ0) is 23.0. The largest absolute Gasteiger partial charge is 0.455 e. The number of nitriles is 1. The summed E-state index contributed by atoms with van der Waals surface area (Å²) in [5, 5.41) is 12.6. The summed E-state index contributed by atoms with van der Waals surface area (Å²) in [5.41, 5.74) is 11.3. The van der Waals surface area contributed by atoms with E-state index in [0.717, 1.165) is 18.2 Å². The van der Waals surface area contributed by atoms with Crippen molar-refractivity contribution in [1.29, 1.82) is 5.26 Å². The van der Waals surface area contributed by atoms with Gasteiger partial charge in [-0.25, -0.2) is 8.78 Å². The molecule has 0 radical (unpaired) electrons. The number of nitrogens with one attached hydrogen (secondary N) is 1. The van der Waals surface area contributed by atoms with Gasteiger partial charge in [0.1, 0.15) is 40.4 Å². The molecule has 32 heavy (non-hydrogen) atoms. The van der Waals surface area contributed by atoms with E-state index in [-0.39, 0.29) is 51.0 Å². The molecule has 2 heterocycles. The van der Waals surface area contributed by atoms with Gasteiger partial charge in [0, 0.05) is 11.6 Å². The van der Waals surface area contributed by atoms with Gasteiger partial charge in [-0.2, -0.15) is 15.2 Å². The van der Waals surface area contributed by atoms with Gasteiger partial charge in [-0.3, -0.25) is 4.79 Å². The molecule has 2 aromatic heterocycles. The second-order valence-electron chi connectivity index (χ2n) is 7.00. The first-order valence-electron chi connectivity index (χ1n) is 9.40. The maximum absolute atomic E-state index is 13.9. The zero-order valence-electron chi connectivity index (χ0n) is 16.7. The minimum absolute atomic E-state index is 0.00827. The van der Waals surface area contributed by atoms with Crippen LogP contribution < -0.4 is 22.2 Å². The molecule has 0 aliphatic carbocycles. The van der Waals surface area contributed by atoms with Crippen LogP contribution in [0.25, 0.3) is 22.3 Å². The third-order valence-electron chi connectivity index (χ3n) is 4.81. The Kier molecular flexibility index (Phi) is 5.16. The van der Waals surface area contributed by atoms with E-state index in [0.29, 0.717) is 0 Å². The lowest BCUT2D eigenvalue weighted by atomic mass is 9.99. The highest BCUT2D eigenvalue weighted by atomic mass is 19.1. The van der Waals surface area contributed by atoms with Gasteiger partial charge in [-0.1, -0.05) is 12.1 Å². The summed E-state index contributed by atoms with van der Waals surface area (Å²) < 4.78 is 33.8. The average Bonchev–Trinajstić information content (AvgIpc) is 2.72. The third kappa shape index (κ3) is 3.67. The summed E-state index contributed by atoms with van der Waals surface area (Å²) in [5.74, 6) is -1.98. The molecule has 0 saturated heterocycles. The van der Waals surface area contributed by atoms with E-state index in [4.69, 9.17) is 15.9 Å². The molecule has 1 atom stereocenters. The zero-order valence-corrected chi connectivity index (χ0v) is 16.7. The standard InChI is InChI=1S/C22H16F2N6O2/c1-10(28-21-15(9-25)20(26)29-22(27)30-21)17-18(31)14-4-2-3-5-16(14)32-19(17)11-6-12(23)8-13(24)7-11/h2-8,10H,1H3,(H5,26,27,28,29,30). The average molecular weight is 434 g/mol. The number of benzene rings is 2. The van der Waals surface area contributed by atoms with Crippen molar-refractivity contribution in [2.24, 2.45) is 0 Å². The Morgan fingerprint density at radius 1 is 1.12 bits per heavy atom. The number of nitrogens with zero attached hydrogens (tertiary/aromatic N) is 3. The van der Waals surface area contributed by atoms with E-state index in [2.05, 4.69) is 15.3 Å². The van der Waals surface area contributed by atoms with Gasteiger partial charge in [-0.05, 0) is 31.2 Å². The first kappa shape index (κ1) is 20.7. The molecule has 5 N–H and O–H groups in total. The molecular formula is C22H16F2N6O2. The van der Waals surface area contributed by atoms with Gasteiger partial charge < -0.3 is 21.2 Å². The van der Waals surface area contributed by atoms with E-state index < -0.39 is 23.1 Å². The van der Waals surface area contributed by atoms with Gasteiger partial charge in [-0.15, -0.1) is 0 Å². The number of aromatic nitrogens is 2. The van der Waals surface area contributed by atoms with Gasteiger partial charge in [0.2, 0.25) is 5.95 Å². The number of hydrogen-bond donors (Lipinski definition) is 3.